The number of aliphatic imine (C=N–C) groups is 1. The summed E-state index contributed by atoms with van der Waals surface area (Å²) in [5.74, 6) is 3.43. The third-order valence-corrected chi connectivity index (χ3v) is 5.20. The molecule has 0 amide bonds. The smallest absolute Gasteiger partial charge is 0.191 e. The van der Waals surface area contributed by atoms with E-state index < -0.39 is 0 Å². The summed E-state index contributed by atoms with van der Waals surface area (Å²) in [6.45, 7) is 4.22. The van der Waals surface area contributed by atoms with Crippen LogP contribution in [0.25, 0.3) is 0 Å². The molecule has 0 bridgehead atoms. The normalized spacial score (nSPS) is 14.8. The van der Waals surface area contributed by atoms with Crippen LogP contribution in [0.4, 0.5) is 0 Å². The van der Waals surface area contributed by atoms with Crippen molar-refractivity contribution in [3.63, 3.8) is 0 Å². The molecule has 0 unspecified atom stereocenters. The maximum atomic E-state index is 6.27. The van der Waals surface area contributed by atoms with E-state index in [0.29, 0.717) is 12.6 Å². The van der Waals surface area contributed by atoms with Crippen molar-refractivity contribution in [2.24, 2.45) is 4.99 Å². The summed E-state index contributed by atoms with van der Waals surface area (Å²) in [5, 5.41) is 14.8. The number of methoxy groups -OCH3 is 1. The van der Waals surface area contributed by atoms with Crippen LogP contribution < -0.4 is 20.1 Å². The SMILES string of the molecule is CCc1nncn1CCNC(=NC)NCc1ccc(OC)cc1OC1CCCC1. The van der Waals surface area contributed by atoms with Gasteiger partial charge in [0.05, 0.1) is 13.2 Å². The van der Waals surface area contributed by atoms with Crippen molar-refractivity contribution in [1.82, 2.24) is 25.4 Å². The predicted molar refractivity (Wildman–Crippen MR) is 113 cm³/mol. The molecule has 0 aliphatic heterocycles. The van der Waals surface area contributed by atoms with E-state index in [9.17, 15) is 0 Å². The van der Waals surface area contributed by atoms with Crippen LogP contribution in [0.2, 0.25) is 0 Å². The van der Waals surface area contributed by atoms with Crippen molar-refractivity contribution in [3.8, 4) is 11.5 Å². The van der Waals surface area contributed by atoms with Crippen LogP contribution in [0.15, 0.2) is 29.5 Å². The molecule has 1 aromatic carbocycles. The van der Waals surface area contributed by atoms with Gasteiger partial charge in [0.2, 0.25) is 0 Å². The van der Waals surface area contributed by atoms with Crippen molar-refractivity contribution in [2.45, 2.75) is 58.2 Å². The largest absolute Gasteiger partial charge is 0.497 e. The average molecular weight is 401 g/mol. The van der Waals surface area contributed by atoms with Crippen LogP contribution in [-0.2, 0) is 19.5 Å². The Balaban J connectivity index is 1.55. The number of guanidine groups is 1. The highest BCUT2D eigenvalue weighted by molar-refractivity contribution is 5.79. The minimum atomic E-state index is 0.301. The first-order chi connectivity index (χ1) is 14.2. The number of nitrogens with zero attached hydrogens (tertiary/aromatic N) is 4. The summed E-state index contributed by atoms with van der Waals surface area (Å²) in [5.41, 5.74) is 1.09. The molecule has 8 heteroatoms. The van der Waals surface area contributed by atoms with Crippen molar-refractivity contribution >= 4 is 5.96 Å². The molecule has 0 saturated heterocycles. The number of aryl methyl sites for hydroxylation is 1. The highest BCUT2D eigenvalue weighted by Gasteiger charge is 2.18. The molecule has 8 nitrogen and oxygen atoms in total. The van der Waals surface area contributed by atoms with Crippen molar-refractivity contribution in [2.75, 3.05) is 20.7 Å². The molecule has 1 fully saturated rings. The first kappa shape index (κ1) is 21.0. The van der Waals surface area contributed by atoms with Crippen LogP contribution in [0.1, 0.15) is 44.0 Å². The Hall–Kier alpha value is -2.77. The van der Waals surface area contributed by atoms with Crippen LogP contribution in [-0.4, -0.2) is 47.5 Å². The minimum Gasteiger partial charge on any atom is -0.497 e. The Morgan fingerprint density at radius 1 is 1.28 bits per heavy atom. The van der Waals surface area contributed by atoms with Crippen LogP contribution in [0.3, 0.4) is 0 Å². The van der Waals surface area contributed by atoms with Crippen molar-refractivity contribution in [3.05, 3.63) is 35.9 Å². The number of ether oxygens (including phenoxy) is 2. The monoisotopic (exact) mass is 400 g/mol. The number of rotatable bonds is 9. The number of hydrogen-bond acceptors (Lipinski definition) is 5. The lowest BCUT2D eigenvalue weighted by molar-refractivity contribution is 0.207. The molecule has 1 saturated carbocycles. The first-order valence-electron chi connectivity index (χ1n) is 10.4. The third kappa shape index (κ3) is 5.85. The van der Waals surface area contributed by atoms with Gasteiger partial charge >= 0.3 is 0 Å². The third-order valence-electron chi connectivity index (χ3n) is 5.20. The lowest BCUT2D eigenvalue weighted by atomic mass is 10.2. The number of benzene rings is 1. The molecule has 1 aromatic heterocycles. The number of nitrogens with one attached hydrogen (secondary N) is 2. The molecule has 2 N–H and O–H groups in total. The molecule has 1 aliphatic carbocycles. The van der Waals surface area contributed by atoms with Gasteiger partial charge in [-0.15, -0.1) is 10.2 Å². The summed E-state index contributed by atoms with van der Waals surface area (Å²) < 4.78 is 13.7. The maximum Gasteiger partial charge on any atom is 0.191 e. The van der Waals surface area contributed by atoms with Gasteiger partial charge in [0.15, 0.2) is 5.96 Å². The Bertz CT molecular complexity index is 798. The van der Waals surface area contributed by atoms with Gasteiger partial charge in [-0.05, 0) is 37.8 Å². The van der Waals surface area contributed by atoms with E-state index in [2.05, 4.69) is 37.3 Å². The second-order valence-electron chi connectivity index (χ2n) is 7.14. The molecule has 2 aromatic rings. The maximum absolute atomic E-state index is 6.27. The van der Waals surface area contributed by atoms with Crippen molar-refractivity contribution < 1.29 is 9.47 Å². The van der Waals surface area contributed by atoms with Crippen molar-refractivity contribution in [1.29, 1.82) is 0 Å². The topological polar surface area (TPSA) is 85.6 Å². The van der Waals surface area contributed by atoms with Crippen LogP contribution in [0.5, 0.6) is 11.5 Å². The molecule has 29 heavy (non-hydrogen) atoms. The number of aromatic nitrogens is 3. The van der Waals surface area contributed by atoms with E-state index in [1.54, 1.807) is 20.5 Å². The molecule has 3 rings (SSSR count). The van der Waals surface area contributed by atoms with E-state index >= 15 is 0 Å². The van der Waals surface area contributed by atoms with E-state index in [-0.39, 0.29) is 0 Å². The summed E-state index contributed by atoms with van der Waals surface area (Å²) in [7, 11) is 3.45. The fourth-order valence-electron chi connectivity index (χ4n) is 3.54. The number of hydrogen-bond donors (Lipinski definition) is 2. The Morgan fingerprint density at radius 3 is 2.83 bits per heavy atom. The molecule has 1 heterocycles. The van der Waals surface area contributed by atoms with Crippen LogP contribution >= 0.6 is 0 Å². The molecule has 0 atom stereocenters. The second-order valence-corrected chi connectivity index (χ2v) is 7.14. The molecular weight excluding hydrogens is 368 g/mol. The minimum absolute atomic E-state index is 0.301. The van der Waals surface area contributed by atoms with E-state index in [1.165, 1.54) is 12.8 Å². The Morgan fingerprint density at radius 2 is 2.10 bits per heavy atom. The Labute approximate surface area is 172 Å². The quantitative estimate of drug-likeness (QED) is 0.497. The standard InChI is InChI=1S/C21H32N6O2/c1-4-20-26-25-15-27(20)12-11-23-21(22-2)24-14-16-9-10-18(28-3)13-19(16)29-17-7-5-6-8-17/h9-10,13,15,17H,4-8,11-12,14H2,1-3H3,(H2,22,23,24). The van der Waals surface area contributed by atoms with E-state index in [4.69, 9.17) is 9.47 Å². The zero-order valence-corrected chi connectivity index (χ0v) is 17.6. The fraction of sp³-hybridized carbons (Fsp3) is 0.571. The zero-order chi connectivity index (χ0) is 20.5. The predicted octanol–water partition coefficient (Wildman–Crippen LogP) is 2.54. The van der Waals surface area contributed by atoms with E-state index in [0.717, 1.165) is 61.2 Å². The van der Waals surface area contributed by atoms with Gasteiger partial charge in [-0.3, -0.25) is 4.99 Å². The first-order valence-corrected chi connectivity index (χ1v) is 10.4. The fourth-order valence-corrected chi connectivity index (χ4v) is 3.54. The lowest BCUT2D eigenvalue weighted by Crippen LogP contribution is -2.38. The zero-order valence-electron chi connectivity index (χ0n) is 17.6. The van der Waals surface area contributed by atoms with Gasteiger partial charge in [0, 0.05) is 44.7 Å². The Kier molecular flexibility index (Phi) is 7.72. The summed E-state index contributed by atoms with van der Waals surface area (Å²) in [6.07, 6.45) is 7.66. The molecule has 158 valence electrons. The second kappa shape index (κ2) is 10.7. The highest BCUT2D eigenvalue weighted by atomic mass is 16.5. The molecule has 0 spiro atoms. The molecule has 1 aliphatic rings. The van der Waals surface area contributed by atoms with Crippen LogP contribution in [0, 0.1) is 0 Å². The van der Waals surface area contributed by atoms with Gasteiger partial charge in [-0.2, -0.15) is 0 Å². The molecular formula is C21H32N6O2. The van der Waals surface area contributed by atoms with E-state index in [1.807, 2.05) is 18.2 Å². The summed E-state index contributed by atoms with van der Waals surface area (Å²) in [6, 6.07) is 5.99. The van der Waals surface area contributed by atoms with Gasteiger partial charge in [-0.1, -0.05) is 6.92 Å². The average Bonchev–Trinajstić information content (AvgIpc) is 3.42. The lowest BCUT2D eigenvalue weighted by Gasteiger charge is -2.19. The summed E-state index contributed by atoms with van der Waals surface area (Å²) >= 11 is 0. The van der Waals surface area contributed by atoms with Gasteiger partial charge in [0.25, 0.3) is 0 Å². The van der Waals surface area contributed by atoms with Gasteiger partial charge < -0.3 is 24.7 Å². The highest BCUT2D eigenvalue weighted by Crippen LogP contribution is 2.29. The van der Waals surface area contributed by atoms with Gasteiger partial charge in [0.1, 0.15) is 23.7 Å². The molecule has 0 radical (unpaired) electrons. The van der Waals surface area contributed by atoms with Gasteiger partial charge in [-0.25, -0.2) is 0 Å². The summed E-state index contributed by atoms with van der Waals surface area (Å²) in [4.78, 5) is 4.32.